The second-order valence-electron chi connectivity index (χ2n) is 2.70. The zero-order valence-electron chi connectivity index (χ0n) is 8.03. The van der Waals surface area contributed by atoms with Gasteiger partial charge in [-0.3, -0.25) is 4.21 Å². The smallest absolute Gasteiger partial charge is 0.181 e. The van der Waals surface area contributed by atoms with Gasteiger partial charge in [0.25, 0.3) is 0 Å². The van der Waals surface area contributed by atoms with Crippen molar-refractivity contribution in [2.45, 2.75) is 25.1 Å². The van der Waals surface area contributed by atoms with E-state index in [-0.39, 0.29) is 0 Å². The number of hydrogen-bond donors (Lipinski definition) is 0. The fourth-order valence-corrected chi connectivity index (χ4v) is 3.13. The number of allylic oxidation sites excluding steroid dienone is 1. The summed E-state index contributed by atoms with van der Waals surface area (Å²) in [6.07, 6.45) is 3.81. The van der Waals surface area contributed by atoms with Crippen LogP contribution in [0.3, 0.4) is 0 Å². The molecule has 0 saturated heterocycles. The average Bonchev–Trinajstić information content (AvgIpc) is 2.43. The van der Waals surface area contributed by atoms with E-state index >= 15 is 0 Å². The van der Waals surface area contributed by atoms with Gasteiger partial charge >= 0.3 is 0 Å². The van der Waals surface area contributed by atoms with Crippen LogP contribution in [-0.4, -0.2) is 14.9 Å². The molecule has 0 aromatic carbocycles. The minimum atomic E-state index is -0.952. The minimum absolute atomic E-state index is 0.572. The van der Waals surface area contributed by atoms with Crippen molar-refractivity contribution in [2.75, 3.05) is 5.75 Å². The van der Waals surface area contributed by atoms with Gasteiger partial charge in [0.2, 0.25) is 0 Å². The molecular formula is C9H13NOS2. The van der Waals surface area contributed by atoms with E-state index in [1.165, 1.54) is 11.3 Å². The van der Waals surface area contributed by atoms with Crippen LogP contribution in [0.25, 0.3) is 0 Å². The Morgan fingerprint density at radius 1 is 1.54 bits per heavy atom. The molecule has 72 valence electrons. The first-order chi connectivity index (χ1) is 6.15. The molecule has 0 aliphatic heterocycles. The van der Waals surface area contributed by atoms with E-state index in [2.05, 4.69) is 4.98 Å². The van der Waals surface area contributed by atoms with Crippen LogP contribution in [0.1, 0.15) is 17.5 Å². The van der Waals surface area contributed by atoms with Crippen molar-refractivity contribution in [1.82, 2.24) is 4.98 Å². The maximum Gasteiger partial charge on any atom is 0.181 e. The third-order valence-corrected chi connectivity index (χ3v) is 4.34. The molecule has 0 amide bonds. The van der Waals surface area contributed by atoms with E-state index < -0.39 is 10.8 Å². The number of aryl methyl sites for hydroxylation is 2. The predicted molar refractivity (Wildman–Crippen MR) is 57.7 cm³/mol. The van der Waals surface area contributed by atoms with Gasteiger partial charge in [-0.25, -0.2) is 4.98 Å². The van der Waals surface area contributed by atoms with Crippen molar-refractivity contribution in [1.29, 1.82) is 0 Å². The normalized spacial score (nSPS) is 13.8. The topological polar surface area (TPSA) is 30.0 Å². The molecule has 1 heterocycles. The maximum absolute atomic E-state index is 11.6. The summed E-state index contributed by atoms with van der Waals surface area (Å²) < 4.78 is 12.3. The molecule has 4 heteroatoms. The largest absolute Gasteiger partial charge is 0.252 e. The third kappa shape index (κ3) is 2.74. The molecule has 0 spiro atoms. The Labute approximate surface area is 85.2 Å². The maximum atomic E-state index is 11.6. The van der Waals surface area contributed by atoms with Crippen LogP contribution < -0.4 is 0 Å². The van der Waals surface area contributed by atoms with Crippen molar-refractivity contribution < 1.29 is 4.21 Å². The number of aromatic nitrogens is 1. The number of rotatable bonds is 3. The fourth-order valence-electron chi connectivity index (χ4n) is 0.796. The van der Waals surface area contributed by atoms with Crippen molar-refractivity contribution in [3.8, 4) is 0 Å². The predicted octanol–water partition coefficient (Wildman–Crippen LogP) is 2.44. The summed E-state index contributed by atoms with van der Waals surface area (Å²) in [6.45, 7) is 5.88. The van der Waals surface area contributed by atoms with E-state index in [0.29, 0.717) is 5.75 Å². The second-order valence-corrected chi connectivity index (χ2v) is 5.58. The molecule has 1 unspecified atom stereocenters. The molecule has 0 N–H and O–H groups in total. The van der Waals surface area contributed by atoms with E-state index in [0.717, 1.165) is 14.9 Å². The van der Waals surface area contributed by atoms with E-state index in [4.69, 9.17) is 0 Å². The lowest BCUT2D eigenvalue weighted by Gasteiger charge is -1.90. The van der Waals surface area contributed by atoms with E-state index in [1.54, 1.807) is 0 Å². The molecule has 1 aromatic heterocycles. The summed E-state index contributed by atoms with van der Waals surface area (Å²) in [7, 11) is -0.952. The van der Waals surface area contributed by atoms with Crippen LogP contribution in [0.2, 0.25) is 0 Å². The lowest BCUT2D eigenvalue weighted by Crippen LogP contribution is -1.93. The van der Waals surface area contributed by atoms with Crippen LogP contribution >= 0.6 is 11.3 Å². The van der Waals surface area contributed by atoms with Gasteiger partial charge in [0.05, 0.1) is 16.5 Å². The van der Waals surface area contributed by atoms with Crippen molar-refractivity contribution in [2.24, 2.45) is 0 Å². The number of hydrogen-bond acceptors (Lipinski definition) is 3. The molecule has 2 nitrogen and oxygen atoms in total. The Morgan fingerprint density at radius 2 is 2.23 bits per heavy atom. The Hall–Kier alpha value is -0.480. The Bertz CT molecular complexity index is 322. The first-order valence-electron chi connectivity index (χ1n) is 4.08. The molecule has 1 rings (SSSR count). The zero-order valence-corrected chi connectivity index (χ0v) is 9.67. The number of nitrogens with zero attached hydrogens (tertiary/aromatic N) is 1. The van der Waals surface area contributed by atoms with Gasteiger partial charge in [-0.1, -0.05) is 12.2 Å². The highest BCUT2D eigenvalue weighted by atomic mass is 32.2. The molecule has 1 atom stereocenters. The Kier molecular flexibility index (Phi) is 3.81. The quantitative estimate of drug-likeness (QED) is 0.725. The van der Waals surface area contributed by atoms with Crippen molar-refractivity contribution >= 4 is 22.1 Å². The molecule has 0 bridgehead atoms. The highest BCUT2D eigenvalue weighted by Crippen LogP contribution is 2.19. The molecule has 0 fully saturated rings. The highest BCUT2D eigenvalue weighted by Gasteiger charge is 2.08. The van der Waals surface area contributed by atoms with Gasteiger partial charge < -0.3 is 0 Å². The molecule has 0 saturated carbocycles. The standard InChI is InChI=1S/C9H13NOS2/c1-4-5-6-13(11)9-10-7(2)8(3)12-9/h4-5H,6H2,1-3H3/b5-4+. The van der Waals surface area contributed by atoms with Crippen LogP contribution in [0.15, 0.2) is 16.5 Å². The monoisotopic (exact) mass is 215 g/mol. The summed E-state index contributed by atoms with van der Waals surface area (Å²) >= 11 is 1.53. The molecule has 13 heavy (non-hydrogen) atoms. The second kappa shape index (κ2) is 4.67. The van der Waals surface area contributed by atoms with Gasteiger partial charge in [0.15, 0.2) is 4.34 Å². The molecule has 0 aliphatic carbocycles. The molecule has 0 radical (unpaired) electrons. The highest BCUT2D eigenvalue weighted by molar-refractivity contribution is 7.87. The van der Waals surface area contributed by atoms with Crippen molar-refractivity contribution in [3.63, 3.8) is 0 Å². The van der Waals surface area contributed by atoms with E-state index in [9.17, 15) is 4.21 Å². The molecular weight excluding hydrogens is 202 g/mol. The number of thiazole rings is 1. The summed E-state index contributed by atoms with van der Waals surface area (Å²) in [5, 5.41) is 0. The van der Waals surface area contributed by atoms with Gasteiger partial charge in [-0.05, 0) is 20.8 Å². The summed E-state index contributed by atoms with van der Waals surface area (Å²) in [6, 6.07) is 0. The van der Waals surface area contributed by atoms with Crippen LogP contribution in [0.5, 0.6) is 0 Å². The summed E-state index contributed by atoms with van der Waals surface area (Å²) in [5.74, 6) is 0.572. The fraction of sp³-hybridized carbons (Fsp3) is 0.444. The average molecular weight is 215 g/mol. The summed E-state index contributed by atoms with van der Waals surface area (Å²) in [5.41, 5.74) is 0.994. The summed E-state index contributed by atoms with van der Waals surface area (Å²) in [4.78, 5) is 5.40. The lowest BCUT2D eigenvalue weighted by atomic mass is 10.4. The first kappa shape index (κ1) is 10.6. The van der Waals surface area contributed by atoms with Crippen LogP contribution in [0.4, 0.5) is 0 Å². The molecule has 1 aromatic rings. The SMILES string of the molecule is C/C=C/CS(=O)c1nc(C)c(C)s1. The Balaban J connectivity index is 2.77. The lowest BCUT2D eigenvalue weighted by molar-refractivity contribution is 0.684. The van der Waals surface area contributed by atoms with Gasteiger partial charge in [0, 0.05) is 10.6 Å². The minimum Gasteiger partial charge on any atom is -0.252 e. The zero-order chi connectivity index (χ0) is 9.84. The third-order valence-electron chi connectivity index (χ3n) is 1.69. The van der Waals surface area contributed by atoms with Crippen LogP contribution in [-0.2, 0) is 10.8 Å². The van der Waals surface area contributed by atoms with Gasteiger partial charge in [-0.15, -0.1) is 11.3 Å². The van der Waals surface area contributed by atoms with Gasteiger partial charge in [-0.2, -0.15) is 0 Å². The Morgan fingerprint density at radius 3 is 2.69 bits per heavy atom. The molecule has 0 aliphatic rings. The first-order valence-corrected chi connectivity index (χ1v) is 6.22. The van der Waals surface area contributed by atoms with Crippen molar-refractivity contribution in [3.05, 3.63) is 22.7 Å². The van der Waals surface area contributed by atoms with E-state index in [1.807, 2.05) is 32.9 Å². The van der Waals surface area contributed by atoms with Crippen LogP contribution in [0, 0.1) is 13.8 Å². The van der Waals surface area contributed by atoms with Gasteiger partial charge in [0.1, 0.15) is 0 Å².